The van der Waals surface area contributed by atoms with Gasteiger partial charge < -0.3 is 4.74 Å². The van der Waals surface area contributed by atoms with E-state index in [4.69, 9.17) is 2.74 Å². The second-order valence-corrected chi connectivity index (χ2v) is 0.734. The van der Waals surface area contributed by atoms with Crippen molar-refractivity contribution in [2.45, 2.75) is 0 Å². The molecule has 0 saturated heterocycles. The van der Waals surface area contributed by atoms with Crippen LogP contribution in [0.5, 0.6) is 0 Å². The third kappa shape index (κ3) is 2.44. The molecule has 0 atom stereocenters. The summed E-state index contributed by atoms with van der Waals surface area (Å²) in [6.45, 7) is 0. The summed E-state index contributed by atoms with van der Waals surface area (Å²) in [5, 5.41) is 0. The third-order valence-electron chi connectivity index (χ3n) is 0.0630. The Morgan fingerprint density at radius 2 is 3.25 bits per heavy atom. The topological polar surface area (TPSA) is 9.23 Å². The lowest BCUT2D eigenvalue weighted by Crippen LogP contribution is -1.68. The van der Waals surface area contributed by atoms with Crippen molar-refractivity contribution >= 4 is 15.9 Å². The molecule has 0 saturated carbocycles. The second-order valence-electron chi connectivity index (χ2n) is 0.276. The molecule has 0 N–H and O–H groups in total. The lowest BCUT2D eigenvalue weighted by atomic mass is 11.6. The first-order valence-electron chi connectivity index (χ1n) is 1.95. The number of halogens is 1. The molecule has 0 bridgehead atoms. The number of rotatable bonds is 1. The normalized spacial score (nSPS) is 15.5. The van der Waals surface area contributed by atoms with Crippen LogP contribution in [0.25, 0.3) is 0 Å². The van der Waals surface area contributed by atoms with Gasteiger partial charge in [0, 0.05) is 7.06 Å². The highest BCUT2D eigenvalue weighted by atomic mass is 79.9. The minimum Gasteiger partial charge on any atom is -0.373 e. The van der Waals surface area contributed by atoms with E-state index in [1.54, 1.807) is 0 Å². The number of hydrogen-bond donors (Lipinski definition) is 0. The van der Waals surface area contributed by atoms with Crippen LogP contribution in [0, 0.1) is 0 Å². The van der Waals surface area contributed by atoms with E-state index in [2.05, 4.69) is 20.7 Å². The van der Waals surface area contributed by atoms with Gasteiger partial charge in [-0.3, -0.25) is 0 Å². The maximum Gasteiger partial charge on any atom is 0.101 e. The summed E-state index contributed by atoms with van der Waals surface area (Å²) < 4.78 is 17.1. The highest BCUT2D eigenvalue weighted by Crippen LogP contribution is 1.72. The number of hydrogen-bond acceptors (Lipinski definition) is 1. The Hall–Kier alpha value is 0.440. The van der Waals surface area contributed by atoms with Gasteiger partial charge in [0.05, 0.1) is 2.74 Å². The monoisotopic (exact) mass is 126 g/mol. The average Bonchev–Trinajstić information content (AvgIpc) is 1.35. The predicted octanol–water partition coefficient (Wildman–Crippen LogP) is 0.985. The van der Waals surface area contributed by atoms with E-state index in [0.717, 1.165) is 0 Å². The molecule has 0 amide bonds. The average molecular weight is 127 g/mol. The second kappa shape index (κ2) is 3.44. The van der Waals surface area contributed by atoms with Crippen molar-refractivity contribution in [2.24, 2.45) is 0 Å². The highest BCUT2D eigenvalue weighted by molar-refractivity contribution is 9.09. The summed E-state index contributed by atoms with van der Waals surface area (Å²) in [5.41, 5.74) is 0.269. The van der Waals surface area contributed by atoms with Crippen LogP contribution in [-0.4, -0.2) is 12.6 Å². The molecule has 0 aliphatic carbocycles. The molecular weight excluding hydrogens is 120 g/mol. The highest BCUT2D eigenvalue weighted by Gasteiger charge is 1.54. The van der Waals surface area contributed by atoms with Gasteiger partial charge in [-0.15, -0.1) is 0 Å². The first kappa shape index (κ1) is 1.78. The van der Waals surface area contributed by atoms with Crippen molar-refractivity contribution in [1.29, 1.82) is 0 Å². The minimum atomic E-state index is -1.15. The molecule has 0 heterocycles. The van der Waals surface area contributed by atoms with E-state index in [-0.39, 0.29) is 5.52 Å². The molecule has 0 radical (unpaired) electrons. The van der Waals surface area contributed by atoms with Crippen molar-refractivity contribution in [3.05, 3.63) is 0 Å². The molecule has 4 heavy (non-hydrogen) atoms. The van der Waals surface area contributed by atoms with Crippen molar-refractivity contribution < 1.29 is 7.48 Å². The van der Waals surface area contributed by atoms with Gasteiger partial charge in [-0.05, 0) is 0 Å². The van der Waals surface area contributed by atoms with Gasteiger partial charge in [0.25, 0.3) is 0 Å². The van der Waals surface area contributed by atoms with Crippen molar-refractivity contribution in [3.63, 3.8) is 0 Å². The molecule has 0 spiro atoms. The van der Waals surface area contributed by atoms with Gasteiger partial charge in [-0.2, -0.15) is 0 Å². The molecule has 0 aliphatic rings. The van der Waals surface area contributed by atoms with Crippen molar-refractivity contribution in [2.75, 3.05) is 12.6 Å². The Balaban J connectivity index is 2.63. The predicted molar refractivity (Wildman–Crippen MR) is 20.8 cm³/mol. The van der Waals surface area contributed by atoms with Gasteiger partial charge in [0.2, 0.25) is 0 Å². The lowest BCUT2D eigenvalue weighted by molar-refractivity contribution is 0.263. The molecule has 0 aromatic carbocycles. The maximum absolute atomic E-state index is 6.39. The summed E-state index contributed by atoms with van der Waals surface area (Å²) >= 11 is 2.89. The van der Waals surface area contributed by atoms with Crippen LogP contribution in [0.3, 0.4) is 0 Å². The van der Waals surface area contributed by atoms with Crippen molar-refractivity contribution in [1.82, 2.24) is 0 Å². The zero-order chi connectivity index (χ0) is 4.99. The van der Waals surface area contributed by atoms with E-state index in [9.17, 15) is 0 Å². The molecule has 2 heteroatoms. The Labute approximate surface area is 36.9 Å². The van der Waals surface area contributed by atoms with Crippen LogP contribution in [0.15, 0.2) is 0 Å². The summed E-state index contributed by atoms with van der Waals surface area (Å²) in [6, 6.07) is 0. The Morgan fingerprint density at radius 3 is 3.25 bits per heavy atom. The standard InChI is InChI=1S/C2H5BrO/c1-4-2-3/h2H2,1H3/i1D2. The van der Waals surface area contributed by atoms with Gasteiger partial charge >= 0.3 is 0 Å². The Kier molecular flexibility index (Phi) is 1.53. The summed E-state index contributed by atoms with van der Waals surface area (Å²) in [5.74, 6) is 0. The number of ether oxygens (including phenoxy) is 1. The van der Waals surface area contributed by atoms with Crippen LogP contribution >= 0.6 is 15.9 Å². The Bertz CT molecular complexity index is 32.7. The van der Waals surface area contributed by atoms with E-state index in [1.807, 2.05) is 0 Å². The Morgan fingerprint density at radius 1 is 2.50 bits per heavy atom. The lowest BCUT2D eigenvalue weighted by Gasteiger charge is -1.74. The molecule has 0 aliphatic heterocycles. The molecule has 0 fully saturated rings. The SMILES string of the molecule is [2H]C([2H])OCBr. The quantitative estimate of drug-likeness (QED) is 0.477. The fraction of sp³-hybridized carbons (Fsp3) is 1.00. The van der Waals surface area contributed by atoms with E-state index >= 15 is 0 Å². The maximum atomic E-state index is 6.39. The van der Waals surface area contributed by atoms with Gasteiger partial charge in [0.15, 0.2) is 0 Å². The number of methoxy groups -OCH3 is 1. The molecule has 1 nitrogen and oxygen atoms in total. The minimum absolute atomic E-state index is 0.269. The van der Waals surface area contributed by atoms with Gasteiger partial charge in [-0.1, -0.05) is 15.9 Å². The number of alkyl halides is 1. The van der Waals surface area contributed by atoms with Crippen LogP contribution in [0.1, 0.15) is 2.74 Å². The summed E-state index contributed by atoms with van der Waals surface area (Å²) in [6.07, 6.45) is 0. The molecule has 0 aromatic rings. The molecule has 0 aromatic heterocycles. The molecular formula is C2H5BrO. The van der Waals surface area contributed by atoms with Crippen LogP contribution in [0.4, 0.5) is 0 Å². The zero-order valence-corrected chi connectivity index (χ0v) is 3.66. The first-order valence-corrected chi connectivity index (χ1v) is 1.91. The van der Waals surface area contributed by atoms with E-state index < -0.39 is 7.06 Å². The van der Waals surface area contributed by atoms with Crippen LogP contribution in [-0.2, 0) is 4.74 Å². The summed E-state index contributed by atoms with van der Waals surface area (Å²) in [7, 11) is -1.15. The molecule has 0 unspecified atom stereocenters. The van der Waals surface area contributed by atoms with Gasteiger partial charge in [-0.25, -0.2) is 0 Å². The smallest absolute Gasteiger partial charge is 0.101 e. The third-order valence-corrected chi connectivity index (χ3v) is 0.327. The van der Waals surface area contributed by atoms with Crippen molar-refractivity contribution in [3.8, 4) is 0 Å². The first-order chi connectivity index (χ1) is 2.77. The largest absolute Gasteiger partial charge is 0.373 e. The zero-order valence-electron chi connectivity index (χ0n) is 4.07. The van der Waals surface area contributed by atoms with Crippen LogP contribution in [0.2, 0.25) is 0 Å². The summed E-state index contributed by atoms with van der Waals surface area (Å²) in [4.78, 5) is 0. The molecule has 26 valence electrons. The molecule has 0 rings (SSSR count). The van der Waals surface area contributed by atoms with Gasteiger partial charge in [0.1, 0.15) is 5.52 Å². The van der Waals surface area contributed by atoms with E-state index in [1.165, 1.54) is 0 Å². The van der Waals surface area contributed by atoms with E-state index in [0.29, 0.717) is 0 Å². The fourth-order valence-electron chi connectivity index (χ4n) is 0. The fourth-order valence-corrected chi connectivity index (χ4v) is 0. The van der Waals surface area contributed by atoms with Crippen LogP contribution < -0.4 is 0 Å².